The molecule has 0 spiro atoms. The summed E-state index contributed by atoms with van der Waals surface area (Å²) in [5.74, 6) is -1.94. The summed E-state index contributed by atoms with van der Waals surface area (Å²) >= 11 is 5.72. The van der Waals surface area contributed by atoms with E-state index in [4.69, 9.17) is 17.3 Å². The molecule has 3 nitrogen and oxygen atoms in total. The minimum absolute atomic E-state index is 0.0437. The van der Waals surface area contributed by atoms with Gasteiger partial charge in [0.15, 0.2) is 11.6 Å². The SMILES string of the molecule is Nc1cc(-c2cc(F)c(F)cc2Cl)no1. The van der Waals surface area contributed by atoms with Gasteiger partial charge < -0.3 is 10.3 Å². The Morgan fingerprint density at radius 3 is 2.47 bits per heavy atom. The maximum atomic E-state index is 12.9. The van der Waals surface area contributed by atoms with Crippen LogP contribution in [0.2, 0.25) is 5.02 Å². The van der Waals surface area contributed by atoms with E-state index in [2.05, 4.69) is 9.68 Å². The summed E-state index contributed by atoms with van der Waals surface area (Å²) in [5.41, 5.74) is 5.79. The smallest absolute Gasteiger partial charge is 0.222 e. The molecule has 0 saturated heterocycles. The van der Waals surface area contributed by atoms with Gasteiger partial charge in [-0.25, -0.2) is 8.78 Å². The fourth-order valence-electron chi connectivity index (χ4n) is 1.14. The Bertz CT molecular complexity index is 513. The summed E-state index contributed by atoms with van der Waals surface area (Å²) in [4.78, 5) is 0. The molecule has 0 atom stereocenters. The monoisotopic (exact) mass is 230 g/mol. The molecule has 2 rings (SSSR count). The van der Waals surface area contributed by atoms with Gasteiger partial charge in [-0.3, -0.25) is 0 Å². The third-order valence-electron chi connectivity index (χ3n) is 1.81. The highest BCUT2D eigenvalue weighted by Crippen LogP contribution is 2.29. The van der Waals surface area contributed by atoms with Crippen LogP contribution < -0.4 is 5.73 Å². The first-order chi connectivity index (χ1) is 7.08. The average molecular weight is 231 g/mol. The molecule has 2 N–H and O–H groups in total. The lowest BCUT2D eigenvalue weighted by Crippen LogP contribution is -1.87. The lowest BCUT2D eigenvalue weighted by molar-refractivity contribution is 0.439. The summed E-state index contributed by atoms with van der Waals surface area (Å²) in [7, 11) is 0. The van der Waals surface area contributed by atoms with Gasteiger partial charge in [0.05, 0.1) is 5.02 Å². The van der Waals surface area contributed by atoms with Crippen molar-refractivity contribution in [2.24, 2.45) is 0 Å². The van der Waals surface area contributed by atoms with Crippen LogP contribution in [-0.2, 0) is 0 Å². The van der Waals surface area contributed by atoms with Crippen molar-refractivity contribution in [2.45, 2.75) is 0 Å². The number of rotatable bonds is 1. The number of hydrogen-bond acceptors (Lipinski definition) is 3. The molecule has 1 heterocycles. The normalized spacial score (nSPS) is 10.6. The Balaban J connectivity index is 2.58. The number of nitrogen functional groups attached to an aromatic ring is 1. The number of benzene rings is 1. The highest BCUT2D eigenvalue weighted by atomic mass is 35.5. The lowest BCUT2D eigenvalue weighted by atomic mass is 10.1. The summed E-state index contributed by atoms with van der Waals surface area (Å²) in [5, 5.41) is 3.59. The maximum Gasteiger partial charge on any atom is 0.222 e. The quantitative estimate of drug-likeness (QED) is 0.767. The molecule has 0 aliphatic carbocycles. The number of hydrogen-bond donors (Lipinski definition) is 1. The molecule has 1 aromatic carbocycles. The molecule has 0 unspecified atom stereocenters. The zero-order chi connectivity index (χ0) is 11.0. The minimum Gasteiger partial charge on any atom is -0.368 e. The topological polar surface area (TPSA) is 52.0 Å². The molecule has 0 amide bonds. The second kappa shape index (κ2) is 3.51. The van der Waals surface area contributed by atoms with E-state index in [1.165, 1.54) is 6.07 Å². The summed E-state index contributed by atoms with van der Waals surface area (Å²) in [6, 6.07) is 3.19. The van der Waals surface area contributed by atoms with E-state index in [0.29, 0.717) is 0 Å². The molecule has 0 radical (unpaired) electrons. The second-order valence-corrected chi connectivity index (χ2v) is 3.27. The van der Waals surface area contributed by atoms with Crippen LogP contribution in [0, 0.1) is 11.6 Å². The molecule has 1 aromatic heterocycles. The number of halogens is 3. The summed E-state index contributed by atoms with van der Waals surface area (Å²) in [6.45, 7) is 0. The Morgan fingerprint density at radius 1 is 1.20 bits per heavy atom. The molecule has 0 aliphatic heterocycles. The molecule has 0 bridgehead atoms. The Morgan fingerprint density at radius 2 is 1.87 bits per heavy atom. The van der Waals surface area contributed by atoms with Crippen LogP contribution in [0.15, 0.2) is 22.7 Å². The highest BCUT2D eigenvalue weighted by Gasteiger charge is 2.13. The van der Waals surface area contributed by atoms with Crippen LogP contribution in [0.3, 0.4) is 0 Å². The fraction of sp³-hybridized carbons (Fsp3) is 0. The zero-order valence-corrected chi connectivity index (χ0v) is 8.05. The van der Waals surface area contributed by atoms with Crippen LogP contribution in [0.1, 0.15) is 0 Å². The Labute approximate surface area is 88.4 Å². The van der Waals surface area contributed by atoms with E-state index in [1.807, 2.05) is 0 Å². The van der Waals surface area contributed by atoms with Gasteiger partial charge in [0.2, 0.25) is 5.88 Å². The number of anilines is 1. The number of nitrogens with zero attached hydrogens (tertiary/aromatic N) is 1. The first-order valence-electron chi connectivity index (χ1n) is 3.95. The van der Waals surface area contributed by atoms with Gasteiger partial charge in [-0.1, -0.05) is 16.8 Å². The first-order valence-corrected chi connectivity index (χ1v) is 4.33. The number of aromatic nitrogens is 1. The summed E-state index contributed by atoms with van der Waals surface area (Å²) < 4.78 is 30.3. The van der Waals surface area contributed by atoms with Gasteiger partial charge in [-0.15, -0.1) is 0 Å². The molecule has 6 heteroatoms. The van der Waals surface area contributed by atoms with Crippen LogP contribution in [0.4, 0.5) is 14.7 Å². The Hall–Kier alpha value is -1.62. The van der Waals surface area contributed by atoms with Gasteiger partial charge in [-0.05, 0) is 12.1 Å². The van der Waals surface area contributed by atoms with E-state index in [1.54, 1.807) is 0 Å². The van der Waals surface area contributed by atoms with E-state index in [9.17, 15) is 8.78 Å². The molecular formula is C9H5ClF2N2O. The highest BCUT2D eigenvalue weighted by molar-refractivity contribution is 6.33. The van der Waals surface area contributed by atoms with E-state index in [0.717, 1.165) is 12.1 Å². The molecule has 0 saturated carbocycles. The second-order valence-electron chi connectivity index (χ2n) is 2.86. The molecule has 0 fully saturated rings. The van der Waals surface area contributed by atoms with Crippen molar-refractivity contribution in [3.63, 3.8) is 0 Å². The Kier molecular flexibility index (Phi) is 2.32. The molecule has 15 heavy (non-hydrogen) atoms. The van der Waals surface area contributed by atoms with Crippen molar-refractivity contribution >= 4 is 17.5 Å². The van der Waals surface area contributed by atoms with Crippen LogP contribution in [0.5, 0.6) is 0 Å². The van der Waals surface area contributed by atoms with Gasteiger partial charge >= 0.3 is 0 Å². The molecule has 78 valence electrons. The molecule has 2 aromatic rings. The van der Waals surface area contributed by atoms with E-state index >= 15 is 0 Å². The van der Waals surface area contributed by atoms with Gasteiger partial charge in [0.1, 0.15) is 5.69 Å². The largest absolute Gasteiger partial charge is 0.368 e. The van der Waals surface area contributed by atoms with E-state index in [-0.39, 0.29) is 22.2 Å². The minimum atomic E-state index is -1.01. The fourth-order valence-corrected chi connectivity index (χ4v) is 1.38. The van der Waals surface area contributed by atoms with Gasteiger partial charge in [0.25, 0.3) is 0 Å². The van der Waals surface area contributed by atoms with Crippen LogP contribution >= 0.6 is 11.6 Å². The van der Waals surface area contributed by atoms with Crippen molar-refractivity contribution in [1.29, 1.82) is 0 Å². The van der Waals surface area contributed by atoms with Crippen molar-refractivity contribution in [3.05, 3.63) is 34.9 Å². The standard InChI is InChI=1S/C9H5ClF2N2O/c10-5-2-7(12)6(11)1-4(5)8-3-9(13)15-14-8/h1-3H,13H2. The predicted octanol–water partition coefficient (Wildman–Crippen LogP) is 2.86. The van der Waals surface area contributed by atoms with Crippen molar-refractivity contribution < 1.29 is 13.3 Å². The predicted molar refractivity (Wildman–Crippen MR) is 51.3 cm³/mol. The lowest BCUT2D eigenvalue weighted by Gasteiger charge is -2.00. The third-order valence-corrected chi connectivity index (χ3v) is 2.13. The van der Waals surface area contributed by atoms with Crippen molar-refractivity contribution in [3.8, 4) is 11.3 Å². The summed E-state index contributed by atoms with van der Waals surface area (Å²) in [6.07, 6.45) is 0. The van der Waals surface area contributed by atoms with Crippen molar-refractivity contribution in [1.82, 2.24) is 5.16 Å². The van der Waals surface area contributed by atoms with Crippen molar-refractivity contribution in [2.75, 3.05) is 5.73 Å². The molecular weight excluding hydrogens is 226 g/mol. The van der Waals surface area contributed by atoms with Gasteiger partial charge in [-0.2, -0.15) is 0 Å². The average Bonchev–Trinajstić information content (AvgIpc) is 2.58. The number of nitrogens with two attached hydrogens (primary N) is 1. The van der Waals surface area contributed by atoms with Crippen LogP contribution in [-0.4, -0.2) is 5.16 Å². The van der Waals surface area contributed by atoms with Crippen LogP contribution in [0.25, 0.3) is 11.3 Å². The molecule has 0 aliphatic rings. The third kappa shape index (κ3) is 1.78. The maximum absolute atomic E-state index is 12.9. The first kappa shape index (κ1) is 9.92. The van der Waals surface area contributed by atoms with E-state index < -0.39 is 11.6 Å². The zero-order valence-electron chi connectivity index (χ0n) is 7.30. The van der Waals surface area contributed by atoms with Gasteiger partial charge in [0, 0.05) is 11.6 Å².